The van der Waals surface area contributed by atoms with Crippen LogP contribution in [-0.2, 0) is 18.3 Å². The number of hydrogen-bond acceptors (Lipinski definition) is 6. The predicted molar refractivity (Wildman–Crippen MR) is 127 cm³/mol. The first-order valence-electron chi connectivity index (χ1n) is 11.9. The standard InChI is InChI=1S/C23H42N2O6Si/c1-16(2)12-14-29-32(17(3)4,18(5)6)31-19-9-8-10-22(30-20(19)15-28-7)25-13-11-21(26)24-23(25)27/h11,13,16-20,22H,8-10,12,14-15H2,1-7H3,(H,24,26,27)/t19-,20+,22+/m0/s1. The molecule has 1 aromatic rings. The maximum absolute atomic E-state index is 12.3. The Morgan fingerprint density at radius 1 is 1.16 bits per heavy atom. The number of rotatable bonds is 11. The fourth-order valence-electron chi connectivity index (χ4n) is 4.34. The summed E-state index contributed by atoms with van der Waals surface area (Å²) in [6.07, 6.45) is 3.75. The van der Waals surface area contributed by atoms with Gasteiger partial charge in [-0.3, -0.25) is 14.3 Å². The first-order chi connectivity index (χ1) is 15.1. The number of methoxy groups -OCH3 is 1. The van der Waals surface area contributed by atoms with Crippen LogP contribution >= 0.6 is 0 Å². The molecule has 184 valence electrons. The quantitative estimate of drug-likeness (QED) is 0.492. The molecular weight excluding hydrogens is 428 g/mol. The second-order valence-corrected chi connectivity index (χ2v) is 14.0. The lowest BCUT2D eigenvalue weighted by Gasteiger charge is -2.42. The molecule has 3 atom stereocenters. The van der Waals surface area contributed by atoms with Crippen LogP contribution in [0, 0.1) is 5.92 Å². The minimum absolute atomic E-state index is 0.186. The molecule has 0 spiro atoms. The molecule has 1 aliphatic heterocycles. The summed E-state index contributed by atoms with van der Waals surface area (Å²) >= 11 is 0. The lowest BCUT2D eigenvalue weighted by Crippen LogP contribution is -2.53. The summed E-state index contributed by atoms with van der Waals surface area (Å²) in [7, 11) is -0.929. The van der Waals surface area contributed by atoms with Crippen LogP contribution in [0.15, 0.2) is 21.9 Å². The van der Waals surface area contributed by atoms with E-state index in [-0.39, 0.29) is 23.3 Å². The lowest BCUT2D eigenvalue weighted by molar-refractivity contribution is -0.120. The Balaban J connectivity index is 2.28. The molecule has 0 saturated carbocycles. The first kappa shape index (κ1) is 27.0. The second-order valence-electron chi connectivity index (χ2n) is 9.75. The molecule has 32 heavy (non-hydrogen) atoms. The molecular formula is C23H42N2O6Si. The molecule has 1 fully saturated rings. The summed E-state index contributed by atoms with van der Waals surface area (Å²) in [4.78, 5) is 26.1. The molecule has 0 aromatic carbocycles. The topological polar surface area (TPSA) is 91.8 Å². The van der Waals surface area contributed by atoms with Crippen molar-refractivity contribution in [2.75, 3.05) is 20.3 Å². The fourth-order valence-corrected chi connectivity index (χ4v) is 8.13. The van der Waals surface area contributed by atoms with Crippen molar-refractivity contribution in [3.63, 3.8) is 0 Å². The van der Waals surface area contributed by atoms with E-state index in [9.17, 15) is 9.59 Å². The molecule has 0 unspecified atom stereocenters. The molecule has 0 bridgehead atoms. The molecule has 0 amide bonds. The summed E-state index contributed by atoms with van der Waals surface area (Å²) in [6.45, 7) is 14.2. The molecule has 1 N–H and O–H groups in total. The van der Waals surface area contributed by atoms with Gasteiger partial charge in [-0.2, -0.15) is 0 Å². The van der Waals surface area contributed by atoms with Crippen molar-refractivity contribution in [1.29, 1.82) is 0 Å². The molecule has 1 aliphatic rings. The van der Waals surface area contributed by atoms with E-state index in [1.165, 1.54) is 16.8 Å². The Morgan fingerprint density at radius 2 is 1.84 bits per heavy atom. The zero-order valence-electron chi connectivity index (χ0n) is 20.8. The highest BCUT2D eigenvalue weighted by Crippen LogP contribution is 2.39. The third kappa shape index (κ3) is 6.87. The van der Waals surface area contributed by atoms with Crippen LogP contribution < -0.4 is 11.2 Å². The van der Waals surface area contributed by atoms with Gasteiger partial charge in [0, 0.05) is 26.0 Å². The molecule has 1 saturated heterocycles. The van der Waals surface area contributed by atoms with Crippen molar-refractivity contribution >= 4 is 8.56 Å². The van der Waals surface area contributed by atoms with Crippen LogP contribution in [-0.4, -0.2) is 50.6 Å². The number of nitrogens with one attached hydrogen (secondary N) is 1. The van der Waals surface area contributed by atoms with Crippen LogP contribution in [0.1, 0.15) is 73.5 Å². The highest BCUT2D eigenvalue weighted by molar-refractivity contribution is 6.70. The first-order valence-corrected chi connectivity index (χ1v) is 13.9. The average molecular weight is 471 g/mol. The summed E-state index contributed by atoms with van der Waals surface area (Å²) < 4.78 is 26.8. The zero-order valence-corrected chi connectivity index (χ0v) is 21.8. The summed E-state index contributed by atoms with van der Waals surface area (Å²) in [5, 5.41) is 0. The fraction of sp³-hybridized carbons (Fsp3) is 0.826. The Hall–Kier alpha value is -1.26. The molecule has 0 radical (unpaired) electrons. The third-order valence-electron chi connectivity index (χ3n) is 6.15. The van der Waals surface area contributed by atoms with Crippen molar-refractivity contribution in [1.82, 2.24) is 9.55 Å². The van der Waals surface area contributed by atoms with Crippen molar-refractivity contribution in [3.8, 4) is 0 Å². The molecule has 1 aromatic heterocycles. The van der Waals surface area contributed by atoms with Crippen LogP contribution in [0.5, 0.6) is 0 Å². The Bertz CT molecular complexity index is 798. The van der Waals surface area contributed by atoms with Gasteiger partial charge in [-0.25, -0.2) is 4.79 Å². The van der Waals surface area contributed by atoms with Gasteiger partial charge in [0.15, 0.2) is 0 Å². The lowest BCUT2D eigenvalue weighted by atomic mass is 10.1. The number of ether oxygens (including phenoxy) is 2. The second kappa shape index (κ2) is 12.3. The number of aromatic amines is 1. The van der Waals surface area contributed by atoms with Crippen LogP contribution in [0.2, 0.25) is 11.1 Å². The van der Waals surface area contributed by atoms with E-state index in [0.717, 1.165) is 19.3 Å². The van der Waals surface area contributed by atoms with Crippen molar-refractivity contribution in [2.24, 2.45) is 5.92 Å². The van der Waals surface area contributed by atoms with E-state index in [1.807, 2.05) is 0 Å². The van der Waals surface area contributed by atoms with Crippen molar-refractivity contribution < 1.29 is 18.3 Å². The zero-order chi connectivity index (χ0) is 23.9. The molecule has 2 rings (SSSR count). The maximum Gasteiger partial charge on any atom is 0.343 e. The molecule has 8 nitrogen and oxygen atoms in total. The monoisotopic (exact) mass is 470 g/mol. The van der Waals surface area contributed by atoms with Crippen molar-refractivity contribution in [3.05, 3.63) is 33.1 Å². The Labute approximate surface area is 192 Å². The van der Waals surface area contributed by atoms with Crippen LogP contribution in [0.25, 0.3) is 0 Å². The molecule has 0 aliphatic carbocycles. The van der Waals surface area contributed by atoms with E-state index in [4.69, 9.17) is 18.3 Å². The van der Waals surface area contributed by atoms with Gasteiger partial charge >= 0.3 is 14.3 Å². The van der Waals surface area contributed by atoms with Crippen LogP contribution in [0.4, 0.5) is 0 Å². The average Bonchev–Trinajstić information content (AvgIpc) is 2.89. The highest BCUT2D eigenvalue weighted by atomic mass is 28.4. The molecule has 2 heterocycles. The maximum atomic E-state index is 12.3. The summed E-state index contributed by atoms with van der Waals surface area (Å²) in [6, 6.07) is 1.34. The smallest absolute Gasteiger partial charge is 0.343 e. The largest absolute Gasteiger partial charge is 0.394 e. The van der Waals surface area contributed by atoms with Gasteiger partial charge < -0.3 is 18.3 Å². The van der Waals surface area contributed by atoms with Crippen LogP contribution in [0.3, 0.4) is 0 Å². The van der Waals surface area contributed by atoms with Gasteiger partial charge in [-0.15, -0.1) is 0 Å². The summed E-state index contributed by atoms with van der Waals surface area (Å²) in [5.74, 6) is 0.569. The van der Waals surface area contributed by atoms with E-state index in [1.54, 1.807) is 7.11 Å². The van der Waals surface area contributed by atoms with E-state index >= 15 is 0 Å². The van der Waals surface area contributed by atoms with Gasteiger partial charge in [0.05, 0.1) is 12.7 Å². The number of aromatic nitrogens is 2. The minimum Gasteiger partial charge on any atom is -0.394 e. The number of H-pyrrole nitrogens is 1. The third-order valence-corrected chi connectivity index (χ3v) is 10.7. The van der Waals surface area contributed by atoms with E-state index in [2.05, 4.69) is 46.5 Å². The summed E-state index contributed by atoms with van der Waals surface area (Å²) in [5.41, 5.74) is -0.335. The SMILES string of the molecule is COC[C@H]1O[C@@H](n2ccc(=O)[nH]c2=O)CCC[C@@H]1O[Si](OCCC(C)C)(C(C)C)C(C)C. The van der Waals surface area contributed by atoms with Gasteiger partial charge in [-0.05, 0) is 42.7 Å². The Morgan fingerprint density at radius 3 is 2.41 bits per heavy atom. The number of nitrogens with zero attached hydrogens (tertiary/aromatic N) is 1. The van der Waals surface area contributed by atoms with Gasteiger partial charge in [0.2, 0.25) is 0 Å². The minimum atomic E-state index is -2.57. The van der Waals surface area contributed by atoms with E-state index < -0.39 is 26.0 Å². The van der Waals surface area contributed by atoms with Gasteiger partial charge in [0.1, 0.15) is 12.3 Å². The van der Waals surface area contributed by atoms with Gasteiger partial charge in [0.25, 0.3) is 5.56 Å². The normalized spacial score (nSPS) is 22.6. The van der Waals surface area contributed by atoms with Crippen molar-refractivity contribution in [2.45, 2.75) is 96.7 Å². The number of hydrogen-bond donors (Lipinski definition) is 1. The molecule has 9 heteroatoms. The predicted octanol–water partition coefficient (Wildman–Crippen LogP) is 3.96. The van der Waals surface area contributed by atoms with Gasteiger partial charge in [-0.1, -0.05) is 41.5 Å². The highest BCUT2D eigenvalue weighted by Gasteiger charge is 2.48. The van der Waals surface area contributed by atoms with E-state index in [0.29, 0.717) is 25.6 Å². The Kier molecular flexibility index (Phi) is 10.3.